The molecule has 0 aliphatic carbocycles. The average molecular weight is 390 g/mol. The van der Waals surface area contributed by atoms with Crippen molar-refractivity contribution in [2.75, 3.05) is 19.0 Å². The van der Waals surface area contributed by atoms with E-state index in [-0.39, 0.29) is 18.8 Å². The molecule has 0 spiro atoms. The lowest BCUT2D eigenvalue weighted by atomic mass is 10.1. The lowest BCUT2D eigenvalue weighted by molar-refractivity contribution is -0.147. The van der Waals surface area contributed by atoms with Crippen molar-refractivity contribution < 1.29 is 28.2 Å². The van der Waals surface area contributed by atoms with Crippen LogP contribution in [0.3, 0.4) is 0 Å². The van der Waals surface area contributed by atoms with E-state index in [2.05, 4.69) is 10.3 Å². The molecule has 0 saturated heterocycles. The molecule has 1 N–H and O–H groups in total. The normalized spacial score (nSPS) is 10.9. The molecule has 7 nitrogen and oxygen atoms in total. The molecule has 0 unspecified atom stereocenters. The minimum absolute atomic E-state index is 0.155. The van der Waals surface area contributed by atoms with E-state index in [4.69, 9.17) is 14.2 Å². The fraction of sp³-hybridized carbons (Fsp3) is 0.350. The predicted octanol–water partition coefficient (Wildman–Crippen LogP) is 3.34. The Morgan fingerprint density at radius 1 is 1.14 bits per heavy atom. The summed E-state index contributed by atoms with van der Waals surface area (Å²) in [4.78, 5) is 28.6. The van der Waals surface area contributed by atoms with E-state index < -0.39 is 23.4 Å². The van der Waals surface area contributed by atoms with Gasteiger partial charge in [-0.2, -0.15) is 0 Å². The number of ether oxygens (including phenoxy) is 3. The molecule has 0 aliphatic rings. The first-order valence-corrected chi connectivity index (χ1v) is 8.62. The number of hydrogen-bond acceptors (Lipinski definition) is 7. The number of rotatable bonds is 7. The summed E-state index contributed by atoms with van der Waals surface area (Å²) in [5.41, 5.74) is -0.0366. The quantitative estimate of drug-likeness (QED) is 0.726. The van der Waals surface area contributed by atoms with Crippen molar-refractivity contribution in [3.8, 4) is 5.75 Å². The summed E-state index contributed by atoms with van der Waals surface area (Å²) in [6, 6.07) is 6.85. The Bertz CT molecular complexity index is 831. The monoisotopic (exact) mass is 390 g/mol. The van der Waals surface area contributed by atoms with Gasteiger partial charge in [0.15, 0.2) is 6.61 Å². The molecule has 1 heterocycles. The maximum Gasteiger partial charge on any atom is 0.344 e. The zero-order valence-corrected chi connectivity index (χ0v) is 16.2. The summed E-state index contributed by atoms with van der Waals surface area (Å²) in [5.74, 6) is -0.942. The Morgan fingerprint density at radius 3 is 2.43 bits per heavy atom. The van der Waals surface area contributed by atoms with Crippen LogP contribution in [0, 0.1) is 5.82 Å². The van der Waals surface area contributed by atoms with Crippen molar-refractivity contribution in [2.45, 2.75) is 33.0 Å². The van der Waals surface area contributed by atoms with Gasteiger partial charge in [0.25, 0.3) is 0 Å². The van der Waals surface area contributed by atoms with E-state index in [1.807, 2.05) is 0 Å². The summed E-state index contributed by atoms with van der Waals surface area (Å²) >= 11 is 0. The van der Waals surface area contributed by atoms with Crippen LogP contribution in [-0.4, -0.2) is 36.2 Å². The van der Waals surface area contributed by atoms with Crippen LogP contribution in [0.1, 0.15) is 36.7 Å². The molecule has 8 heteroatoms. The number of halogens is 1. The maximum absolute atomic E-state index is 12.9. The number of hydrogen-bond donors (Lipinski definition) is 1. The number of carbonyl (C=O) groups is 2. The van der Waals surface area contributed by atoms with Gasteiger partial charge in [-0.1, -0.05) is 0 Å². The second-order valence-corrected chi connectivity index (χ2v) is 6.85. The van der Waals surface area contributed by atoms with E-state index in [0.717, 1.165) is 0 Å². The Kier molecular flexibility index (Phi) is 6.92. The molecule has 1 aromatic carbocycles. The fourth-order valence-electron chi connectivity index (χ4n) is 2.24. The van der Waals surface area contributed by atoms with Gasteiger partial charge in [-0.05, 0) is 51.1 Å². The molecule has 2 rings (SSSR count). The molecule has 2 aromatic rings. The minimum atomic E-state index is -0.686. The zero-order valence-electron chi connectivity index (χ0n) is 16.2. The molecule has 0 atom stereocenters. The van der Waals surface area contributed by atoms with Crippen LogP contribution >= 0.6 is 0 Å². The molecule has 0 saturated carbocycles. The summed E-state index contributed by atoms with van der Waals surface area (Å²) < 4.78 is 28.7. The second kappa shape index (κ2) is 9.16. The van der Waals surface area contributed by atoms with Crippen molar-refractivity contribution in [3.05, 3.63) is 53.5 Å². The van der Waals surface area contributed by atoms with Gasteiger partial charge in [0.2, 0.25) is 0 Å². The van der Waals surface area contributed by atoms with Gasteiger partial charge in [-0.25, -0.2) is 19.0 Å². The topological polar surface area (TPSA) is 86.8 Å². The third kappa shape index (κ3) is 6.22. The van der Waals surface area contributed by atoms with E-state index in [1.54, 1.807) is 33.9 Å². The van der Waals surface area contributed by atoms with E-state index in [0.29, 0.717) is 17.1 Å². The van der Waals surface area contributed by atoms with Crippen molar-refractivity contribution >= 4 is 17.8 Å². The number of nitrogens with zero attached hydrogens (tertiary/aromatic N) is 1. The molecule has 150 valence electrons. The lowest BCUT2D eigenvalue weighted by Crippen LogP contribution is -2.26. The zero-order chi connectivity index (χ0) is 20.7. The van der Waals surface area contributed by atoms with E-state index in [1.165, 1.54) is 30.5 Å². The average Bonchev–Trinajstić information content (AvgIpc) is 2.64. The van der Waals surface area contributed by atoms with Crippen LogP contribution in [0.25, 0.3) is 0 Å². The van der Waals surface area contributed by atoms with Crippen molar-refractivity contribution in [1.82, 2.24) is 4.98 Å². The largest absolute Gasteiger partial charge is 0.482 e. The first-order chi connectivity index (χ1) is 13.2. The van der Waals surface area contributed by atoms with Crippen LogP contribution in [0.5, 0.6) is 5.75 Å². The number of aromatic nitrogens is 1. The molecule has 0 fully saturated rings. The molecule has 0 bridgehead atoms. The Morgan fingerprint density at radius 2 is 1.82 bits per heavy atom. The highest BCUT2D eigenvalue weighted by molar-refractivity contribution is 5.96. The third-order valence-corrected chi connectivity index (χ3v) is 3.44. The maximum atomic E-state index is 12.9. The fourth-order valence-corrected chi connectivity index (χ4v) is 2.24. The van der Waals surface area contributed by atoms with Crippen LogP contribution in [-0.2, 0) is 20.9 Å². The van der Waals surface area contributed by atoms with Crippen molar-refractivity contribution in [1.29, 1.82) is 0 Å². The Hall–Kier alpha value is -3.16. The number of carbonyl (C=O) groups excluding carboxylic acids is 2. The first kappa shape index (κ1) is 21.1. The van der Waals surface area contributed by atoms with Crippen LogP contribution in [0.4, 0.5) is 10.2 Å². The number of esters is 2. The van der Waals surface area contributed by atoms with E-state index >= 15 is 0 Å². The molecule has 0 radical (unpaired) electrons. The molecule has 28 heavy (non-hydrogen) atoms. The Balaban J connectivity index is 2.03. The molecular weight excluding hydrogens is 367 g/mol. The number of benzene rings is 1. The van der Waals surface area contributed by atoms with Gasteiger partial charge in [0.05, 0.1) is 0 Å². The van der Waals surface area contributed by atoms with Gasteiger partial charge in [-0.15, -0.1) is 0 Å². The summed E-state index contributed by atoms with van der Waals surface area (Å²) in [7, 11) is 1.63. The van der Waals surface area contributed by atoms with Gasteiger partial charge >= 0.3 is 11.9 Å². The smallest absolute Gasteiger partial charge is 0.344 e. The molecule has 0 amide bonds. The second-order valence-electron chi connectivity index (χ2n) is 6.85. The predicted molar refractivity (Wildman–Crippen MR) is 101 cm³/mol. The van der Waals surface area contributed by atoms with Crippen molar-refractivity contribution in [3.63, 3.8) is 0 Å². The first-order valence-electron chi connectivity index (χ1n) is 8.62. The summed E-state index contributed by atoms with van der Waals surface area (Å²) in [6.07, 6.45) is 1.50. The van der Waals surface area contributed by atoms with Gasteiger partial charge in [-0.3, -0.25) is 0 Å². The van der Waals surface area contributed by atoms with E-state index in [9.17, 15) is 14.0 Å². The highest BCUT2D eigenvalue weighted by Gasteiger charge is 2.24. The van der Waals surface area contributed by atoms with Crippen molar-refractivity contribution in [2.24, 2.45) is 0 Å². The highest BCUT2D eigenvalue weighted by Crippen LogP contribution is 2.22. The van der Waals surface area contributed by atoms with Gasteiger partial charge < -0.3 is 19.5 Å². The third-order valence-electron chi connectivity index (χ3n) is 3.44. The summed E-state index contributed by atoms with van der Waals surface area (Å²) in [5, 5.41) is 2.83. The number of pyridine rings is 1. The molecule has 0 aliphatic heterocycles. The van der Waals surface area contributed by atoms with Gasteiger partial charge in [0, 0.05) is 18.8 Å². The van der Waals surface area contributed by atoms with Crippen LogP contribution in [0.15, 0.2) is 36.5 Å². The summed E-state index contributed by atoms with van der Waals surface area (Å²) in [6.45, 7) is 4.77. The minimum Gasteiger partial charge on any atom is -0.482 e. The lowest BCUT2D eigenvalue weighted by Gasteiger charge is -2.21. The standard InChI is InChI=1S/C20H23FN2O5/c1-20(2,3)28-19(25)17-13(9-10-23-18(17)22-4)11-27-16(24)12-26-15-7-5-14(21)6-8-15/h5-10H,11-12H2,1-4H3,(H,22,23). The Labute approximate surface area is 162 Å². The van der Waals surface area contributed by atoms with Gasteiger partial charge in [0.1, 0.15) is 35.2 Å². The number of nitrogens with one attached hydrogen (secondary N) is 1. The van der Waals surface area contributed by atoms with Crippen LogP contribution < -0.4 is 10.1 Å². The number of anilines is 1. The molecule has 1 aromatic heterocycles. The van der Waals surface area contributed by atoms with Crippen LogP contribution in [0.2, 0.25) is 0 Å². The SMILES string of the molecule is CNc1nccc(COC(=O)COc2ccc(F)cc2)c1C(=O)OC(C)(C)C. The highest BCUT2D eigenvalue weighted by atomic mass is 19.1. The molecular formula is C20H23FN2O5.